The quantitative estimate of drug-likeness (QED) is 0.797. The second-order valence-electron chi connectivity index (χ2n) is 3.57. The first-order chi connectivity index (χ1) is 8.16. The summed E-state index contributed by atoms with van der Waals surface area (Å²) < 4.78 is 0.964. The van der Waals surface area contributed by atoms with Crippen LogP contribution in [0.25, 0.3) is 0 Å². The Morgan fingerprint density at radius 2 is 1.76 bits per heavy atom. The third-order valence-electron chi connectivity index (χ3n) is 2.36. The van der Waals surface area contributed by atoms with Gasteiger partial charge < -0.3 is 5.32 Å². The monoisotopic (exact) mass is 329 g/mol. The van der Waals surface area contributed by atoms with Crippen LogP contribution in [0.2, 0.25) is 10.0 Å². The van der Waals surface area contributed by atoms with E-state index in [1.807, 2.05) is 42.5 Å². The molecule has 4 heteroatoms. The predicted octanol–water partition coefficient (Wildman–Crippen LogP) is 5.37. The molecule has 0 heterocycles. The molecule has 2 aromatic carbocycles. The summed E-state index contributed by atoms with van der Waals surface area (Å²) in [5, 5.41) is 4.70. The van der Waals surface area contributed by atoms with Crippen LogP contribution in [0, 0.1) is 0 Å². The van der Waals surface area contributed by atoms with Crippen molar-refractivity contribution in [1.82, 2.24) is 0 Å². The van der Waals surface area contributed by atoms with Gasteiger partial charge in [0.25, 0.3) is 0 Å². The van der Waals surface area contributed by atoms with Gasteiger partial charge in [-0.3, -0.25) is 0 Å². The number of anilines is 1. The van der Waals surface area contributed by atoms with Crippen LogP contribution >= 0.6 is 39.1 Å². The minimum atomic E-state index is 0.654. The molecular weight excluding hydrogens is 321 g/mol. The fourth-order valence-electron chi connectivity index (χ4n) is 1.47. The molecule has 0 fully saturated rings. The predicted molar refractivity (Wildman–Crippen MR) is 77.9 cm³/mol. The molecule has 0 aliphatic carbocycles. The van der Waals surface area contributed by atoms with Crippen molar-refractivity contribution in [3.63, 3.8) is 0 Å². The smallest absolute Gasteiger partial charge is 0.0648 e. The molecule has 0 aromatic heterocycles. The molecule has 0 radical (unpaired) electrons. The van der Waals surface area contributed by atoms with Crippen molar-refractivity contribution in [2.45, 2.75) is 6.54 Å². The lowest BCUT2D eigenvalue weighted by molar-refractivity contribution is 1.15. The zero-order valence-corrected chi connectivity index (χ0v) is 12.0. The van der Waals surface area contributed by atoms with Crippen LogP contribution in [0.3, 0.4) is 0 Å². The van der Waals surface area contributed by atoms with Gasteiger partial charge in [0.15, 0.2) is 0 Å². The fourth-order valence-corrected chi connectivity index (χ4v) is 2.41. The van der Waals surface area contributed by atoms with Gasteiger partial charge in [-0.05, 0) is 29.8 Å². The van der Waals surface area contributed by atoms with Crippen LogP contribution in [0.1, 0.15) is 5.56 Å². The van der Waals surface area contributed by atoms with Gasteiger partial charge >= 0.3 is 0 Å². The third-order valence-corrected chi connectivity index (χ3v) is 3.53. The summed E-state index contributed by atoms with van der Waals surface area (Å²) in [6.45, 7) is 0.654. The van der Waals surface area contributed by atoms with Gasteiger partial charge in [-0.25, -0.2) is 0 Å². The molecule has 0 aliphatic heterocycles. The number of halogens is 3. The average molecular weight is 331 g/mol. The van der Waals surface area contributed by atoms with E-state index < -0.39 is 0 Å². The first-order valence-electron chi connectivity index (χ1n) is 5.09. The van der Waals surface area contributed by atoms with Crippen LogP contribution in [0.5, 0.6) is 0 Å². The van der Waals surface area contributed by atoms with Crippen molar-refractivity contribution in [2.24, 2.45) is 0 Å². The lowest BCUT2D eigenvalue weighted by Gasteiger charge is -2.09. The fraction of sp³-hybridized carbons (Fsp3) is 0.0769. The molecule has 88 valence electrons. The molecule has 1 nitrogen and oxygen atoms in total. The van der Waals surface area contributed by atoms with Gasteiger partial charge in [-0.1, -0.05) is 57.3 Å². The lowest BCUT2D eigenvalue weighted by atomic mass is 10.2. The van der Waals surface area contributed by atoms with Gasteiger partial charge in [0.1, 0.15) is 0 Å². The molecule has 0 saturated carbocycles. The van der Waals surface area contributed by atoms with Gasteiger partial charge in [-0.2, -0.15) is 0 Å². The van der Waals surface area contributed by atoms with Gasteiger partial charge in [-0.15, -0.1) is 0 Å². The van der Waals surface area contributed by atoms with E-state index in [1.54, 1.807) is 0 Å². The summed E-state index contributed by atoms with van der Waals surface area (Å²) >= 11 is 15.6. The van der Waals surface area contributed by atoms with Crippen LogP contribution in [-0.2, 0) is 6.54 Å². The number of hydrogen-bond donors (Lipinski definition) is 1. The standard InChI is InChI=1S/C13H10BrCl2N/c14-10-5-6-13(12(16)7-10)17-8-9-3-1-2-4-11(9)15/h1-7,17H,8H2. The molecular formula is C13H10BrCl2N. The highest BCUT2D eigenvalue weighted by Crippen LogP contribution is 2.26. The summed E-state index contributed by atoms with van der Waals surface area (Å²) in [7, 11) is 0. The van der Waals surface area contributed by atoms with Crippen molar-refractivity contribution >= 4 is 44.8 Å². The maximum absolute atomic E-state index is 6.11. The van der Waals surface area contributed by atoms with E-state index in [0.717, 1.165) is 20.7 Å². The van der Waals surface area contributed by atoms with Gasteiger partial charge in [0, 0.05) is 16.0 Å². The summed E-state index contributed by atoms with van der Waals surface area (Å²) in [5.41, 5.74) is 1.95. The molecule has 1 N–H and O–H groups in total. The summed E-state index contributed by atoms with van der Waals surface area (Å²) in [4.78, 5) is 0. The normalized spacial score (nSPS) is 10.3. The van der Waals surface area contributed by atoms with Crippen LogP contribution < -0.4 is 5.32 Å². The Morgan fingerprint density at radius 3 is 2.47 bits per heavy atom. The molecule has 0 bridgehead atoms. The van der Waals surface area contributed by atoms with Crippen molar-refractivity contribution in [3.8, 4) is 0 Å². The van der Waals surface area contributed by atoms with Crippen molar-refractivity contribution in [3.05, 3.63) is 62.5 Å². The second kappa shape index (κ2) is 5.76. The lowest BCUT2D eigenvalue weighted by Crippen LogP contribution is -2.00. The molecule has 0 amide bonds. The number of hydrogen-bond acceptors (Lipinski definition) is 1. The Kier molecular flexibility index (Phi) is 4.32. The Morgan fingerprint density at radius 1 is 1.00 bits per heavy atom. The van der Waals surface area contributed by atoms with E-state index in [0.29, 0.717) is 11.6 Å². The second-order valence-corrected chi connectivity index (χ2v) is 5.30. The Bertz CT molecular complexity index is 529. The van der Waals surface area contributed by atoms with E-state index in [4.69, 9.17) is 23.2 Å². The average Bonchev–Trinajstić information content (AvgIpc) is 2.30. The summed E-state index contributed by atoms with van der Waals surface area (Å²) in [5.74, 6) is 0. The first kappa shape index (κ1) is 12.7. The van der Waals surface area contributed by atoms with E-state index in [9.17, 15) is 0 Å². The number of nitrogens with one attached hydrogen (secondary N) is 1. The summed E-state index contributed by atoms with van der Waals surface area (Å²) in [6, 6.07) is 13.5. The number of benzene rings is 2. The largest absolute Gasteiger partial charge is 0.380 e. The maximum atomic E-state index is 6.11. The maximum Gasteiger partial charge on any atom is 0.0648 e. The SMILES string of the molecule is Clc1ccccc1CNc1ccc(Br)cc1Cl. The van der Waals surface area contributed by atoms with E-state index >= 15 is 0 Å². The topological polar surface area (TPSA) is 12.0 Å². The van der Waals surface area contributed by atoms with Gasteiger partial charge in [0.05, 0.1) is 10.7 Å². The van der Waals surface area contributed by atoms with Crippen molar-refractivity contribution in [1.29, 1.82) is 0 Å². The number of rotatable bonds is 3. The van der Waals surface area contributed by atoms with Crippen LogP contribution in [0.15, 0.2) is 46.9 Å². The Labute approximate surface area is 119 Å². The third kappa shape index (κ3) is 3.38. The zero-order valence-electron chi connectivity index (χ0n) is 8.88. The van der Waals surface area contributed by atoms with Crippen LogP contribution in [-0.4, -0.2) is 0 Å². The van der Waals surface area contributed by atoms with E-state index in [2.05, 4.69) is 21.2 Å². The molecule has 17 heavy (non-hydrogen) atoms. The molecule has 0 aliphatic rings. The minimum Gasteiger partial charge on any atom is -0.380 e. The van der Waals surface area contributed by atoms with Crippen molar-refractivity contribution < 1.29 is 0 Å². The molecule has 0 atom stereocenters. The molecule has 2 aromatic rings. The zero-order chi connectivity index (χ0) is 12.3. The molecule has 0 spiro atoms. The highest BCUT2D eigenvalue weighted by Gasteiger charge is 2.02. The molecule has 0 unspecified atom stereocenters. The molecule has 0 saturated heterocycles. The Hall–Kier alpha value is -0.700. The Balaban J connectivity index is 2.10. The van der Waals surface area contributed by atoms with E-state index in [1.165, 1.54) is 0 Å². The highest BCUT2D eigenvalue weighted by molar-refractivity contribution is 9.10. The van der Waals surface area contributed by atoms with Crippen LogP contribution in [0.4, 0.5) is 5.69 Å². The van der Waals surface area contributed by atoms with Crippen molar-refractivity contribution in [2.75, 3.05) is 5.32 Å². The first-order valence-corrected chi connectivity index (χ1v) is 6.64. The molecule has 2 rings (SSSR count). The summed E-state index contributed by atoms with van der Waals surface area (Å²) in [6.07, 6.45) is 0. The minimum absolute atomic E-state index is 0.654. The van der Waals surface area contributed by atoms with E-state index in [-0.39, 0.29) is 0 Å². The van der Waals surface area contributed by atoms with Gasteiger partial charge in [0.2, 0.25) is 0 Å². The highest BCUT2D eigenvalue weighted by atomic mass is 79.9.